The van der Waals surface area contributed by atoms with Crippen LogP contribution in [0.5, 0.6) is 0 Å². The van der Waals surface area contributed by atoms with E-state index in [1.165, 1.54) is 12.8 Å². The Bertz CT molecular complexity index is 309. The second-order valence-electron chi connectivity index (χ2n) is 4.00. The standard InChI is InChI=1S/C10H16N4/c1-7(8-2-3-8)6-13-9-4-5-12-10(11)14-9/h4-5,7-8H,2-3,6H2,1H3,(H3,11,12,13,14). The highest BCUT2D eigenvalue weighted by Gasteiger charge is 2.27. The van der Waals surface area contributed by atoms with Crippen molar-refractivity contribution in [1.82, 2.24) is 9.97 Å². The molecule has 2 rings (SSSR count). The molecule has 1 aliphatic carbocycles. The van der Waals surface area contributed by atoms with E-state index >= 15 is 0 Å². The molecule has 1 aromatic heterocycles. The van der Waals surface area contributed by atoms with E-state index in [0.717, 1.165) is 24.2 Å². The third-order valence-corrected chi connectivity index (χ3v) is 2.71. The Morgan fingerprint density at radius 2 is 2.43 bits per heavy atom. The molecule has 1 aliphatic rings. The summed E-state index contributed by atoms with van der Waals surface area (Å²) in [6, 6.07) is 1.84. The zero-order valence-electron chi connectivity index (χ0n) is 8.40. The summed E-state index contributed by atoms with van der Waals surface area (Å²) in [7, 11) is 0. The minimum Gasteiger partial charge on any atom is -0.370 e. The molecule has 0 spiro atoms. The molecule has 14 heavy (non-hydrogen) atoms. The first-order chi connectivity index (χ1) is 6.75. The van der Waals surface area contributed by atoms with Gasteiger partial charge >= 0.3 is 0 Å². The van der Waals surface area contributed by atoms with Crippen LogP contribution in [0.3, 0.4) is 0 Å². The maximum absolute atomic E-state index is 5.47. The number of rotatable bonds is 4. The van der Waals surface area contributed by atoms with Gasteiger partial charge in [-0.2, -0.15) is 4.98 Å². The van der Waals surface area contributed by atoms with Crippen molar-refractivity contribution in [1.29, 1.82) is 0 Å². The van der Waals surface area contributed by atoms with E-state index in [-0.39, 0.29) is 0 Å². The first-order valence-electron chi connectivity index (χ1n) is 5.08. The summed E-state index contributed by atoms with van der Waals surface area (Å²) in [6.45, 7) is 3.25. The Hall–Kier alpha value is -1.32. The van der Waals surface area contributed by atoms with Gasteiger partial charge in [0.2, 0.25) is 5.95 Å². The van der Waals surface area contributed by atoms with Gasteiger partial charge in [-0.15, -0.1) is 0 Å². The lowest BCUT2D eigenvalue weighted by Gasteiger charge is -2.11. The molecule has 4 heteroatoms. The van der Waals surface area contributed by atoms with Gasteiger partial charge in [-0.3, -0.25) is 0 Å². The zero-order chi connectivity index (χ0) is 9.97. The van der Waals surface area contributed by atoms with Crippen LogP contribution in [0.2, 0.25) is 0 Å². The lowest BCUT2D eigenvalue weighted by Crippen LogP contribution is -2.14. The molecule has 0 amide bonds. The Kier molecular flexibility index (Phi) is 2.52. The third-order valence-electron chi connectivity index (χ3n) is 2.71. The summed E-state index contributed by atoms with van der Waals surface area (Å²) in [5.41, 5.74) is 5.47. The van der Waals surface area contributed by atoms with Crippen molar-refractivity contribution in [2.75, 3.05) is 17.6 Å². The zero-order valence-corrected chi connectivity index (χ0v) is 8.40. The second-order valence-corrected chi connectivity index (χ2v) is 4.00. The van der Waals surface area contributed by atoms with Crippen molar-refractivity contribution >= 4 is 11.8 Å². The fraction of sp³-hybridized carbons (Fsp3) is 0.600. The largest absolute Gasteiger partial charge is 0.370 e. The molecular weight excluding hydrogens is 176 g/mol. The molecule has 3 N–H and O–H groups in total. The van der Waals surface area contributed by atoms with Crippen molar-refractivity contribution in [2.24, 2.45) is 11.8 Å². The molecule has 1 atom stereocenters. The van der Waals surface area contributed by atoms with Crippen LogP contribution in [-0.2, 0) is 0 Å². The number of hydrogen-bond donors (Lipinski definition) is 2. The van der Waals surface area contributed by atoms with Crippen molar-refractivity contribution in [3.05, 3.63) is 12.3 Å². The van der Waals surface area contributed by atoms with Crippen LogP contribution in [0.15, 0.2) is 12.3 Å². The van der Waals surface area contributed by atoms with Gasteiger partial charge in [-0.05, 0) is 30.7 Å². The first kappa shape index (κ1) is 9.24. The second kappa shape index (κ2) is 3.82. The number of anilines is 2. The number of aromatic nitrogens is 2. The highest BCUT2D eigenvalue weighted by Crippen LogP contribution is 2.36. The van der Waals surface area contributed by atoms with Gasteiger partial charge in [0.15, 0.2) is 0 Å². The molecule has 1 aromatic rings. The van der Waals surface area contributed by atoms with Crippen molar-refractivity contribution < 1.29 is 0 Å². The summed E-state index contributed by atoms with van der Waals surface area (Å²) < 4.78 is 0. The Balaban J connectivity index is 1.84. The van der Waals surface area contributed by atoms with Crippen LogP contribution in [-0.4, -0.2) is 16.5 Å². The third kappa shape index (κ3) is 2.34. The minimum atomic E-state index is 0.328. The van der Waals surface area contributed by atoms with Gasteiger partial charge in [-0.25, -0.2) is 4.98 Å². The van der Waals surface area contributed by atoms with E-state index in [2.05, 4.69) is 22.2 Å². The monoisotopic (exact) mass is 192 g/mol. The van der Waals surface area contributed by atoms with E-state index in [4.69, 9.17) is 5.73 Å². The Morgan fingerprint density at radius 3 is 3.07 bits per heavy atom. The highest BCUT2D eigenvalue weighted by molar-refractivity contribution is 5.37. The predicted molar refractivity (Wildman–Crippen MR) is 56.8 cm³/mol. The van der Waals surface area contributed by atoms with Crippen LogP contribution < -0.4 is 11.1 Å². The van der Waals surface area contributed by atoms with E-state index < -0.39 is 0 Å². The smallest absolute Gasteiger partial charge is 0.221 e. The number of nitrogens with zero attached hydrogens (tertiary/aromatic N) is 2. The maximum Gasteiger partial charge on any atom is 0.221 e. The van der Waals surface area contributed by atoms with Gasteiger partial charge < -0.3 is 11.1 Å². The Morgan fingerprint density at radius 1 is 1.64 bits per heavy atom. The van der Waals surface area contributed by atoms with Crippen LogP contribution in [0.1, 0.15) is 19.8 Å². The SMILES string of the molecule is CC(CNc1ccnc(N)n1)C1CC1. The van der Waals surface area contributed by atoms with Crippen LogP contribution in [0.4, 0.5) is 11.8 Å². The lowest BCUT2D eigenvalue weighted by atomic mass is 10.1. The first-order valence-corrected chi connectivity index (χ1v) is 5.08. The fourth-order valence-corrected chi connectivity index (χ4v) is 1.57. The van der Waals surface area contributed by atoms with Crippen LogP contribution >= 0.6 is 0 Å². The van der Waals surface area contributed by atoms with Crippen molar-refractivity contribution in [3.63, 3.8) is 0 Å². The molecule has 1 saturated carbocycles. The molecule has 4 nitrogen and oxygen atoms in total. The number of nitrogens with two attached hydrogens (primary N) is 1. The van der Waals surface area contributed by atoms with Gasteiger partial charge in [0.05, 0.1) is 0 Å². The molecule has 1 heterocycles. The quantitative estimate of drug-likeness (QED) is 0.759. The predicted octanol–water partition coefficient (Wildman–Crippen LogP) is 1.52. The Labute approximate surface area is 83.9 Å². The molecule has 76 valence electrons. The molecule has 0 aromatic carbocycles. The highest BCUT2D eigenvalue weighted by atomic mass is 15.1. The fourth-order valence-electron chi connectivity index (χ4n) is 1.57. The van der Waals surface area contributed by atoms with Gasteiger partial charge in [-0.1, -0.05) is 6.92 Å². The minimum absolute atomic E-state index is 0.328. The summed E-state index contributed by atoms with van der Waals surface area (Å²) in [4.78, 5) is 7.92. The summed E-state index contributed by atoms with van der Waals surface area (Å²) in [6.07, 6.45) is 4.44. The average Bonchev–Trinajstić information content (AvgIpc) is 2.97. The topological polar surface area (TPSA) is 63.8 Å². The lowest BCUT2D eigenvalue weighted by molar-refractivity contribution is 0.536. The molecule has 1 fully saturated rings. The number of hydrogen-bond acceptors (Lipinski definition) is 4. The maximum atomic E-state index is 5.47. The van der Waals surface area contributed by atoms with E-state index in [1.807, 2.05) is 6.07 Å². The molecule has 0 radical (unpaired) electrons. The summed E-state index contributed by atoms with van der Waals surface area (Å²) >= 11 is 0. The number of nitrogen functional groups attached to an aromatic ring is 1. The molecular formula is C10H16N4. The van der Waals surface area contributed by atoms with Gasteiger partial charge in [0.25, 0.3) is 0 Å². The van der Waals surface area contributed by atoms with E-state index in [1.54, 1.807) is 6.20 Å². The average molecular weight is 192 g/mol. The van der Waals surface area contributed by atoms with Crippen LogP contribution in [0.25, 0.3) is 0 Å². The van der Waals surface area contributed by atoms with Gasteiger partial charge in [0, 0.05) is 12.7 Å². The van der Waals surface area contributed by atoms with Gasteiger partial charge in [0.1, 0.15) is 5.82 Å². The number of nitrogens with one attached hydrogen (secondary N) is 1. The molecule has 0 aliphatic heterocycles. The van der Waals surface area contributed by atoms with E-state index in [9.17, 15) is 0 Å². The molecule has 1 unspecified atom stereocenters. The van der Waals surface area contributed by atoms with Crippen molar-refractivity contribution in [2.45, 2.75) is 19.8 Å². The molecule has 0 bridgehead atoms. The normalized spacial score (nSPS) is 17.8. The summed E-state index contributed by atoms with van der Waals surface area (Å²) in [5.74, 6) is 2.80. The molecule has 0 saturated heterocycles. The van der Waals surface area contributed by atoms with E-state index in [0.29, 0.717) is 5.95 Å². The summed E-state index contributed by atoms with van der Waals surface area (Å²) in [5, 5.41) is 3.28. The van der Waals surface area contributed by atoms with Crippen molar-refractivity contribution in [3.8, 4) is 0 Å². The van der Waals surface area contributed by atoms with Crippen LogP contribution in [0, 0.1) is 11.8 Å².